The molecule has 69 heavy (non-hydrogen) atoms. The van der Waals surface area contributed by atoms with Crippen molar-refractivity contribution in [3.63, 3.8) is 0 Å². The standard InChI is InChI=1S/C63H104O6/c1-4-7-10-13-16-19-22-25-27-28-29-30-31-32-33-34-36-38-41-44-47-50-53-56-62(65)68-59-60(58-67-61(64)55-52-49-46-43-40-37-24-21-18-15-12-9-6-3)69-63(66)57-54-51-48-45-42-39-35-26-23-20-17-14-11-8-5-2/h8-9,11-12,17-18,20-21,26,35,37,40,42,45-46,49,51,54,60H,4-7,10,13-16,19,22-25,27-34,36,38-39,41,43-44,47-48,50,52-53,55-59H2,1-3H3/b11-8-,12-9-,20-17-,21-18-,35-26-,40-37-,45-42-,49-46-,54-51-. The summed E-state index contributed by atoms with van der Waals surface area (Å²) in [6.07, 6.45) is 77.1. The van der Waals surface area contributed by atoms with E-state index in [0.717, 1.165) is 70.6 Å². The monoisotopic (exact) mass is 957 g/mol. The van der Waals surface area contributed by atoms with E-state index in [2.05, 4.69) is 106 Å². The SMILES string of the molecule is CC/C=C\C/C=C\C/C=C\C/C=C\C/C=C\CC(=O)OC(COC(=O)CC/C=C\C/C=C\C/C=C\C/C=C\CC)COC(=O)CCCCCCCCCCCCCCCCCCCCCCCCC. The van der Waals surface area contributed by atoms with Crippen LogP contribution in [-0.4, -0.2) is 37.2 Å². The van der Waals surface area contributed by atoms with Gasteiger partial charge in [-0.05, 0) is 70.6 Å². The summed E-state index contributed by atoms with van der Waals surface area (Å²) < 4.78 is 16.6. The summed E-state index contributed by atoms with van der Waals surface area (Å²) in [5.41, 5.74) is 0. The zero-order valence-electron chi connectivity index (χ0n) is 44.8. The Morgan fingerprint density at radius 1 is 0.319 bits per heavy atom. The van der Waals surface area contributed by atoms with Crippen molar-refractivity contribution in [1.82, 2.24) is 0 Å². The minimum atomic E-state index is -0.861. The van der Waals surface area contributed by atoms with Crippen molar-refractivity contribution in [1.29, 1.82) is 0 Å². The van der Waals surface area contributed by atoms with Crippen LogP contribution in [0.4, 0.5) is 0 Å². The van der Waals surface area contributed by atoms with Crippen molar-refractivity contribution >= 4 is 17.9 Å². The normalized spacial score (nSPS) is 12.9. The van der Waals surface area contributed by atoms with Gasteiger partial charge in [0.05, 0.1) is 6.42 Å². The second kappa shape index (κ2) is 56.7. The zero-order chi connectivity index (χ0) is 50.0. The van der Waals surface area contributed by atoms with E-state index in [0.29, 0.717) is 19.3 Å². The number of esters is 3. The van der Waals surface area contributed by atoms with Crippen LogP contribution in [-0.2, 0) is 28.6 Å². The molecule has 0 saturated carbocycles. The zero-order valence-corrected chi connectivity index (χ0v) is 44.8. The number of unbranched alkanes of at least 4 members (excludes halogenated alkanes) is 22. The molecule has 0 aromatic carbocycles. The van der Waals surface area contributed by atoms with Crippen LogP contribution < -0.4 is 0 Å². The highest BCUT2D eigenvalue weighted by atomic mass is 16.6. The summed E-state index contributed by atoms with van der Waals surface area (Å²) >= 11 is 0. The summed E-state index contributed by atoms with van der Waals surface area (Å²) in [6, 6.07) is 0. The number of carbonyl (C=O) groups is 3. The van der Waals surface area contributed by atoms with Gasteiger partial charge < -0.3 is 14.2 Å². The van der Waals surface area contributed by atoms with Gasteiger partial charge in [0.25, 0.3) is 0 Å². The summed E-state index contributed by atoms with van der Waals surface area (Å²) in [7, 11) is 0. The molecule has 0 spiro atoms. The summed E-state index contributed by atoms with van der Waals surface area (Å²) in [5, 5.41) is 0. The number of rotatable bonds is 50. The predicted molar refractivity (Wildman–Crippen MR) is 297 cm³/mol. The molecule has 6 heteroatoms. The van der Waals surface area contributed by atoms with Gasteiger partial charge >= 0.3 is 17.9 Å². The highest BCUT2D eigenvalue weighted by Crippen LogP contribution is 2.16. The summed E-state index contributed by atoms with van der Waals surface area (Å²) in [6.45, 7) is 6.27. The molecule has 6 nitrogen and oxygen atoms in total. The lowest BCUT2D eigenvalue weighted by Crippen LogP contribution is -2.30. The molecule has 0 N–H and O–H groups in total. The van der Waals surface area contributed by atoms with Crippen LogP contribution in [0.2, 0.25) is 0 Å². The first-order valence-corrected chi connectivity index (χ1v) is 28.4. The first-order chi connectivity index (χ1) is 34.0. The minimum absolute atomic E-state index is 0.0806. The van der Waals surface area contributed by atoms with Crippen molar-refractivity contribution in [3.8, 4) is 0 Å². The van der Waals surface area contributed by atoms with E-state index in [1.807, 2.05) is 18.2 Å². The Hall–Kier alpha value is -3.93. The van der Waals surface area contributed by atoms with Crippen LogP contribution in [0.1, 0.15) is 252 Å². The van der Waals surface area contributed by atoms with Gasteiger partial charge in [-0.3, -0.25) is 14.4 Å². The molecule has 0 bridgehead atoms. The average molecular weight is 958 g/mol. The van der Waals surface area contributed by atoms with Crippen LogP contribution in [0.3, 0.4) is 0 Å². The van der Waals surface area contributed by atoms with E-state index in [9.17, 15) is 14.4 Å². The lowest BCUT2D eigenvalue weighted by Gasteiger charge is -2.18. The number of hydrogen-bond acceptors (Lipinski definition) is 6. The second-order valence-electron chi connectivity index (χ2n) is 18.5. The van der Waals surface area contributed by atoms with Gasteiger partial charge in [-0.25, -0.2) is 0 Å². The quantitative estimate of drug-likeness (QED) is 0.0262. The van der Waals surface area contributed by atoms with Gasteiger partial charge in [0, 0.05) is 12.8 Å². The largest absolute Gasteiger partial charge is 0.462 e. The Labute approximate surface area is 425 Å². The molecule has 0 aliphatic heterocycles. The van der Waals surface area contributed by atoms with Crippen LogP contribution in [0.25, 0.3) is 0 Å². The molecule has 0 aliphatic rings. The fourth-order valence-corrected chi connectivity index (χ4v) is 7.65. The first-order valence-electron chi connectivity index (χ1n) is 28.4. The molecule has 0 fully saturated rings. The van der Waals surface area contributed by atoms with Crippen LogP contribution in [0, 0.1) is 0 Å². The third-order valence-corrected chi connectivity index (χ3v) is 11.8. The third kappa shape index (κ3) is 54.9. The van der Waals surface area contributed by atoms with E-state index < -0.39 is 12.1 Å². The molecule has 392 valence electrons. The number of carbonyl (C=O) groups excluding carboxylic acids is 3. The van der Waals surface area contributed by atoms with Crippen molar-refractivity contribution < 1.29 is 28.6 Å². The lowest BCUT2D eigenvalue weighted by molar-refractivity contribution is -0.166. The van der Waals surface area contributed by atoms with Gasteiger partial charge in [-0.1, -0.05) is 271 Å². The maximum Gasteiger partial charge on any atom is 0.310 e. The third-order valence-electron chi connectivity index (χ3n) is 11.8. The van der Waals surface area contributed by atoms with Crippen LogP contribution in [0.5, 0.6) is 0 Å². The van der Waals surface area contributed by atoms with Gasteiger partial charge in [-0.15, -0.1) is 0 Å². The fraction of sp³-hybridized carbons (Fsp3) is 0.667. The smallest absolute Gasteiger partial charge is 0.310 e. The number of ether oxygens (including phenoxy) is 3. The van der Waals surface area contributed by atoms with Gasteiger partial charge in [0.15, 0.2) is 6.10 Å². The van der Waals surface area contributed by atoms with E-state index in [4.69, 9.17) is 14.2 Å². The highest BCUT2D eigenvalue weighted by Gasteiger charge is 2.19. The van der Waals surface area contributed by atoms with Crippen LogP contribution >= 0.6 is 0 Å². The molecule has 0 heterocycles. The Kier molecular flexibility index (Phi) is 53.4. The van der Waals surface area contributed by atoms with Crippen molar-refractivity contribution in [2.45, 2.75) is 258 Å². The van der Waals surface area contributed by atoms with Crippen LogP contribution in [0.15, 0.2) is 109 Å². The molecule has 0 radical (unpaired) electrons. The van der Waals surface area contributed by atoms with Gasteiger partial charge in [-0.2, -0.15) is 0 Å². The fourth-order valence-electron chi connectivity index (χ4n) is 7.65. The maximum atomic E-state index is 12.8. The van der Waals surface area contributed by atoms with E-state index >= 15 is 0 Å². The molecule has 0 rings (SSSR count). The lowest BCUT2D eigenvalue weighted by atomic mass is 10.0. The van der Waals surface area contributed by atoms with Crippen molar-refractivity contribution in [2.24, 2.45) is 0 Å². The average Bonchev–Trinajstić information content (AvgIpc) is 3.35. The predicted octanol–water partition coefficient (Wildman–Crippen LogP) is 19.1. The molecule has 1 atom stereocenters. The van der Waals surface area contributed by atoms with E-state index in [-0.39, 0.29) is 38.0 Å². The molecule has 0 aromatic heterocycles. The topological polar surface area (TPSA) is 78.9 Å². The molecule has 1 unspecified atom stereocenters. The Morgan fingerprint density at radius 3 is 0.957 bits per heavy atom. The Balaban J connectivity index is 4.43. The molecule has 0 saturated heterocycles. The summed E-state index contributed by atoms with van der Waals surface area (Å²) in [4.78, 5) is 38.0. The highest BCUT2D eigenvalue weighted by molar-refractivity contribution is 5.72. The Morgan fingerprint density at radius 2 is 0.609 bits per heavy atom. The first kappa shape index (κ1) is 65.1. The van der Waals surface area contributed by atoms with Gasteiger partial charge in [0.2, 0.25) is 0 Å². The van der Waals surface area contributed by atoms with Gasteiger partial charge in [0.1, 0.15) is 13.2 Å². The molecule has 0 aliphatic carbocycles. The summed E-state index contributed by atoms with van der Waals surface area (Å²) in [5.74, 6) is -1.15. The van der Waals surface area contributed by atoms with Crippen molar-refractivity contribution in [3.05, 3.63) is 109 Å². The second-order valence-corrected chi connectivity index (χ2v) is 18.5. The minimum Gasteiger partial charge on any atom is -0.462 e. The molecule has 0 amide bonds. The Bertz CT molecular complexity index is 1420. The molecular formula is C63H104O6. The van der Waals surface area contributed by atoms with Crippen molar-refractivity contribution in [2.75, 3.05) is 13.2 Å². The number of allylic oxidation sites excluding steroid dienone is 17. The van der Waals surface area contributed by atoms with E-state index in [1.54, 1.807) is 6.08 Å². The molecular weight excluding hydrogens is 853 g/mol. The maximum absolute atomic E-state index is 12.8. The molecule has 0 aromatic rings. The van der Waals surface area contributed by atoms with E-state index in [1.165, 1.54) is 128 Å². The number of hydrogen-bond donors (Lipinski definition) is 0.